The van der Waals surface area contributed by atoms with Crippen LogP contribution in [-0.2, 0) is 11.3 Å². The molecule has 0 aliphatic heterocycles. The fourth-order valence-electron chi connectivity index (χ4n) is 1.49. The van der Waals surface area contributed by atoms with Crippen molar-refractivity contribution in [1.29, 1.82) is 0 Å². The Kier molecular flexibility index (Phi) is 4.35. The highest BCUT2D eigenvalue weighted by molar-refractivity contribution is 5.73. The van der Waals surface area contributed by atoms with E-state index in [0.717, 1.165) is 12.1 Å². The molecule has 0 saturated carbocycles. The maximum absolute atomic E-state index is 11.4. The van der Waals surface area contributed by atoms with Gasteiger partial charge in [-0.1, -0.05) is 38.1 Å². The van der Waals surface area contributed by atoms with Gasteiger partial charge in [-0.2, -0.15) is 0 Å². The van der Waals surface area contributed by atoms with Gasteiger partial charge in [-0.15, -0.1) is 0 Å². The second kappa shape index (κ2) is 5.54. The third-order valence-corrected chi connectivity index (χ3v) is 2.19. The number of benzene rings is 1. The third kappa shape index (κ3) is 4.15. The SMILES string of the molecule is CC(=O)N(Cc1cc[c]cc1)CC(C)C. The van der Waals surface area contributed by atoms with Crippen LogP contribution >= 0.6 is 0 Å². The van der Waals surface area contributed by atoms with Crippen LogP contribution in [0.3, 0.4) is 0 Å². The molecule has 0 spiro atoms. The van der Waals surface area contributed by atoms with E-state index >= 15 is 0 Å². The van der Waals surface area contributed by atoms with Gasteiger partial charge in [0, 0.05) is 20.0 Å². The van der Waals surface area contributed by atoms with E-state index < -0.39 is 0 Å². The van der Waals surface area contributed by atoms with Crippen LogP contribution in [0.5, 0.6) is 0 Å². The maximum Gasteiger partial charge on any atom is 0.219 e. The van der Waals surface area contributed by atoms with E-state index in [1.807, 2.05) is 29.2 Å². The lowest BCUT2D eigenvalue weighted by Gasteiger charge is -2.23. The molecule has 0 fully saturated rings. The molecule has 2 nitrogen and oxygen atoms in total. The molecule has 1 rings (SSSR count). The number of hydrogen-bond donors (Lipinski definition) is 0. The molecular formula is C13H18NO. The molecule has 1 aromatic carbocycles. The smallest absolute Gasteiger partial charge is 0.219 e. The Morgan fingerprint density at radius 2 is 2.00 bits per heavy atom. The average Bonchev–Trinajstić information content (AvgIpc) is 2.17. The lowest BCUT2D eigenvalue weighted by molar-refractivity contribution is -0.129. The van der Waals surface area contributed by atoms with E-state index in [1.54, 1.807) is 6.92 Å². The fourth-order valence-corrected chi connectivity index (χ4v) is 1.49. The Morgan fingerprint density at radius 3 is 2.47 bits per heavy atom. The first-order valence-corrected chi connectivity index (χ1v) is 5.30. The van der Waals surface area contributed by atoms with Crippen molar-refractivity contribution in [2.75, 3.05) is 6.54 Å². The molecule has 0 N–H and O–H groups in total. The number of amides is 1. The van der Waals surface area contributed by atoms with Crippen LogP contribution in [0.15, 0.2) is 24.3 Å². The first kappa shape index (κ1) is 11.8. The molecule has 1 amide bonds. The monoisotopic (exact) mass is 204 g/mol. The van der Waals surface area contributed by atoms with Gasteiger partial charge in [0.25, 0.3) is 0 Å². The fraction of sp³-hybridized carbons (Fsp3) is 0.462. The van der Waals surface area contributed by atoms with Crippen molar-refractivity contribution in [3.05, 3.63) is 35.9 Å². The lowest BCUT2D eigenvalue weighted by Crippen LogP contribution is -2.31. The molecule has 15 heavy (non-hydrogen) atoms. The molecule has 0 aliphatic rings. The van der Waals surface area contributed by atoms with Crippen LogP contribution in [0.25, 0.3) is 0 Å². The molecule has 0 aromatic heterocycles. The molecule has 0 aliphatic carbocycles. The van der Waals surface area contributed by atoms with Crippen molar-refractivity contribution < 1.29 is 4.79 Å². The Labute approximate surface area is 91.9 Å². The summed E-state index contributed by atoms with van der Waals surface area (Å²) in [6.07, 6.45) is 0. The molecule has 0 heterocycles. The van der Waals surface area contributed by atoms with Crippen molar-refractivity contribution in [3.63, 3.8) is 0 Å². The van der Waals surface area contributed by atoms with Crippen molar-refractivity contribution in [3.8, 4) is 0 Å². The molecule has 81 valence electrons. The number of nitrogens with zero attached hydrogens (tertiary/aromatic N) is 1. The highest BCUT2D eigenvalue weighted by Crippen LogP contribution is 2.07. The van der Waals surface area contributed by atoms with E-state index in [-0.39, 0.29) is 5.91 Å². The molecule has 2 heteroatoms. The summed E-state index contributed by atoms with van der Waals surface area (Å²) in [5.74, 6) is 0.640. The van der Waals surface area contributed by atoms with Crippen LogP contribution in [0.2, 0.25) is 0 Å². The van der Waals surface area contributed by atoms with Crippen LogP contribution in [0, 0.1) is 12.0 Å². The van der Waals surface area contributed by atoms with Gasteiger partial charge in [-0.3, -0.25) is 4.79 Å². The lowest BCUT2D eigenvalue weighted by atomic mass is 10.1. The molecule has 0 bridgehead atoms. The Hall–Kier alpha value is -1.31. The maximum atomic E-state index is 11.4. The standard InChI is InChI=1S/C13H18NO/c1-11(2)9-14(12(3)15)10-13-7-5-4-6-8-13/h5-8,11H,9-10H2,1-3H3. The van der Waals surface area contributed by atoms with Gasteiger partial charge >= 0.3 is 0 Å². The minimum atomic E-state index is 0.136. The van der Waals surface area contributed by atoms with Crippen molar-refractivity contribution in [1.82, 2.24) is 4.90 Å². The van der Waals surface area contributed by atoms with Crippen LogP contribution in [0.4, 0.5) is 0 Å². The Bertz CT molecular complexity index is 306. The summed E-state index contributed by atoms with van der Waals surface area (Å²) < 4.78 is 0. The second-order valence-corrected chi connectivity index (χ2v) is 4.20. The van der Waals surface area contributed by atoms with Gasteiger partial charge in [0.15, 0.2) is 0 Å². The first-order chi connectivity index (χ1) is 7.09. The zero-order valence-corrected chi connectivity index (χ0v) is 9.66. The van der Waals surface area contributed by atoms with Crippen LogP contribution < -0.4 is 0 Å². The summed E-state index contributed by atoms with van der Waals surface area (Å²) in [6, 6.07) is 10.7. The van der Waals surface area contributed by atoms with Gasteiger partial charge < -0.3 is 4.90 Å². The van der Waals surface area contributed by atoms with Crippen molar-refractivity contribution >= 4 is 5.91 Å². The molecular weight excluding hydrogens is 186 g/mol. The molecule has 1 aromatic rings. The van der Waals surface area contributed by atoms with E-state index in [1.165, 1.54) is 0 Å². The molecule has 0 atom stereocenters. The van der Waals surface area contributed by atoms with E-state index in [4.69, 9.17) is 0 Å². The van der Waals surface area contributed by atoms with Gasteiger partial charge in [0.1, 0.15) is 0 Å². The van der Waals surface area contributed by atoms with E-state index in [0.29, 0.717) is 12.5 Å². The summed E-state index contributed by atoms with van der Waals surface area (Å²) in [5.41, 5.74) is 1.16. The number of hydrogen-bond acceptors (Lipinski definition) is 1. The van der Waals surface area contributed by atoms with Gasteiger partial charge in [0.2, 0.25) is 5.91 Å². The summed E-state index contributed by atoms with van der Waals surface area (Å²) in [5, 5.41) is 0. The molecule has 0 unspecified atom stereocenters. The predicted octanol–water partition coefficient (Wildman–Crippen LogP) is 2.49. The predicted molar refractivity (Wildman–Crippen MR) is 61.2 cm³/mol. The largest absolute Gasteiger partial charge is 0.338 e. The van der Waals surface area contributed by atoms with E-state index in [2.05, 4.69) is 19.9 Å². The van der Waals surface area contributed by atoms with Gasteiger partial charge in [0.05, 0.1) is 0 Å². The zero-order chi connectivity index (χ0) is 11.3. The minimum Gasteiger partial charge on any atom is -0.338 e. The molecule has 1 radical (unpaired) electrons. The normalized spacial score (nSPS) is 10.4. The quantitative estimate of drug-likeness (QED) is 0.738. The minimum absolute atomic E-state index is 0.136. The Balaban J connectivity index is 2.63. The number of carbonyl (C=O) groups excluding carboxylic acids is 1. The van der Waals surface area contributed by atoms with Crippen molar-refractivity contribution in [2.45, 2.75) is 27.3 Å². The third-order valence-electron chi connectivity index (χ3n) is 2.19. The topological polar surface area (TPSA) is 20.3 Å². The van der Waals surface area contributed by atoms with Gasteiger partial charge in [-0.25, -0.2) is 0 Å². The van der Waals surface area contributed by atoms with Gasteiger partial charge in [-0.05, 0) is 17.5 Å². The summed E-state index contributed by atoms with van der Waals surface area (Å²) in [7, 11) is 0. The summed E-state index contributed by atoms with van der Waals surface area (Å²) in [6.45, 7) is 7.37. The highest BCUT2D eigenvalue weighted by atomic mass is 16.2. The summed E-state index contributed by atoms with van der Waals surface area (Å²) in [4.78, 5) is 13.3. The number of carbonyl (C=O) groups is 1. The van der Waals surface area contributed by atoms with E-state index in [9.17, 15) is 4.79 Å². The van der Waals surface area contributed by atoms with Crippen LogP contribution in [0.1, 0.15) is 26.3 Å². The second-order valence-electron chi connectivity index (χ2n) is 4.20. The zero-order valence-electron chi connectivity index (χ0n) is 9.66. The molecule has 0 saturated heterocycles. The number of rotatable bonds is 4. The van der Waals surface area contributed by atoms with Crippen molar-refractivity contribution in [2.24, 2.45) is 5.92 Å². The Morgan fingerprint density at radius 1 is 1.40 bits per heavy atom. The highest BCUT2D eigenvalue weighted by Gasteiger charge is 2.10. The summed E-state index contributed by atoms with van der Waals surface area (Å²) >= 11 is 0. The first-order valence-electron chi connectivity index (χ1n) is 5.30. The van der Waals surface area contributed by atoms with Crippen LogP contribution in [-0.4, -0.2) is 17.4 Å². The average molecular weight is 204 g/mol.